The van der Waals surface area contributed by atoms with Crippen LogP contribution in [0.4, 0.5) is 10.5 Å². The molecule has 0 atom stereocenters. The third-order valence-corrected chi connectivity index (χ3v) is 2.02. The summed E-state index contributed by atoms with van der Waals surface area (Å²) in [6.07, 6.45) is 0. The van der Waals surface area contributed by atoms with Crippen LogP contribution in [0.1, 0.15) is 13.8 Å². The second kappa shape index (κ2) is 5.89. The van der Waals surface area contributed by atoms with Gasteiger partial charge in [0.15, 0.2) is 0 Å². The van der Waals surface area contributed by atoms with Crippen LogP contribution in [-0.2, 0) is 4.79 Å². The van der Waals surface area contributed by atoms with Gasteiger partial charge in [0.1, 0.15) is 6.54 Å². The molecule has 1 rings (SSSR count). The number of benzene rings is 1. The molecule has 0 fully saturated rings. The Morgan fingerprint density at radius 1 is 1.29 bits per heavy atom. The summed E-state index contributed by atoms with van der Waals surface area (Å²) in [5, 5.41) is 11.5. The Kier molecular flexibility index (Phi) is 4.51. The molecule has 17 heavy (non-hydrogen) atoms. The highest BCUT2D eigenvalue weighted by atomic mass is 16.4. The first kappa shape index (κ1) is 13.0. The normalized spacial score (nSPS) is 10.1. The van der Waals surface area contributed by atoms with Crippen LogP contribution in [0, 0.1) is 0 Å². The van der Waals surface area contributed by atoms with E-state index < -0.39 is 12.0 Å². The number of para-hydroxylation sites is 1. The Morgan fingerprint density at radius 3 is 2.35 bits per heavy atom. The van der Waals surface area contributed by atoms with E-state index in [4.69, 9.17) is 5.11 Å². The number of hydrogen-bond donors (Lipinski definition) is 2. The van der Waals surface area contributed by atoms with E-state index in [1.807, 2.05) is 19.9 Å². The Bertz CT molecular complexity index is 390. The number of carboxylic acid groups (broad SMARTS) is 1. The Labute approximate surface area is 100 Å². The molecule has 0 spiro atoms. The molecule has 0 bridgehead atoms. The number of aliphatic carboxylic acids is 1. The van der Waals surface area contributed by atoms with Crippen molar-refractivity contribution in [1.82, 2.24) is 5.32 Å². The number of carbonyl (C=O) groups excluding carboxylic acids is 1. The van der Waals surface area contributed by atoms with Gasteiger partial charge in [-0.3, -0.25) is 9.69 Å². The molecule has 2 N–H and O–H groups in total. The van der Waals surface area contributed by atoms with Gasteiger partial charge in [0.25, 0.3) is 0 Å². The van der Waals surface area contributed by atoms with Crippen LogP contribution < -0.4 is 10.2 Å². The number of carbonyl (C=O) groups is 2. The highest BCUT2D eigenvalue weighted by molar-refractivity contribution is 5.96. The van der Waals surface area contributed by atoms with Crippen LogP contribution in [0.5, 0.6) is 0 Å². The van der Waals surface area contributed by atoms with Gasteiger partial charge in [-0.15, -0.1) is 0 Å². The van der Waals surface area contributed by atoms with E-state index in [0.29, 0.717) is 5.69 Å². The fourth-order valence-electron chi connectivity index (χ4n) is 1.35. The quantitative estimate of drug-likeness (QED) is 0.835. The molecule has 5 nitrogen and oxygen atoms in total. The van der Waals surface area contributed by atoms with Crippen molar-refractivity contribution in [3.8, 4) is 0 Å². The largest absolute Gasteiger partial charge is 0.480 e. The topological polar surface area (TPSA) is 69.6 Å². The third-order valence-electron chi connectivity index (χ3n) is 2.02. The molecular weight excluding hydrogens is 220 g/mol. The molecule has 1 aromatic rings. The molecule has 0 aliphatic heterocycles. The summed E-state index contributed by atoms with van der Waals surface area (Å²) in [4.78, 5) is 23.8. The van der Waals surface area contributed by atoms with Crippen molar-refractivity contribution < 1.29 is 14.7 Å². The highest BCUT2D eigenvalue weighted by Crippen LogP contribution is 2.13. The zero-order valence-electron chi connectivity index (χ0n) is 9.88. The summed E-state index contributed by atoms with van der Waals surface area (Å²) in [6.45, 7) is 3.28. The molecule has 0 unspecified atom stereocenters. The summed E-state index contributed by atoms with van der Waals surface area (Å²) in [7, 11) is 0. The maximum Gasteiger partial charge on any atom is 0.323 e. The SMILES string of the molecule is CC(C)NC(=O)N(CC(=O)O)c1ccccc1. The molecule has 2 amide bonds. The Morgan fingerprint density at radius 2 is 1.88 bits per heavy atom. The highest BCUT2D eigenvalue weighted by Gasteiger charge is 2.18. The number of rotatable bonds is 4. The molecule has 0 aliphatic rings. The number of urea groups is 1. The van der Waals surface area contributed by atoms with Crippen LogP contribution in [0.2, 0.25) is 0 Å². The van der Waals surface area contributed by atoms with Gasteiger partial charge < -0.3 is 10.4 Å². The first-order valence-corrected chi connectivity index (χ1v) is 5.35. The first-order valence-electron chi connectivity index (χ1n) is 5.35. The third kappa shape index (κ3) is 4.14. The molecule has 0 radical (unpaired) electrons. The minimum absolute atomic E-state index is 0.0393. The van der Waals surface area contributed by atoms with Gasteiger partial charge in [-0.1, -0.05) is 18.2 Å². The number of hydrogen-bond acceptors (Lipinski definition) is 2. The molecule has 0 aliphatic carbocycles. The van der Waals surface area contributed by atoms with Crippen LogP contribution in [0.25, 0.3) is 0 Å². The molecular formula is C12H16N2O3. The van der Waals surface area contributed by atoms with Crippen LogP contribution >= 0.6 is 0 Å². The zero-order chi connectivity index (χ0) is 12.8. The Balaban J connectivity index is 2.88. The number of nitrogens with one attached hydrogen (secondary N) is 1. The van der Waals surface area contributed by atoms with E-state index in [9.17, 15) is 9.59 Å². The van der Waals surface area contributed by atoms with E-state index in [0.717, 1.165) is 0 Å². The average Bonchev–Trinajstić information content (AvgIpc) is 2.25. The fraction of sp³-hybridized carbons (Fsp3) is 0.333. The number of nitrogens with zero attached hydrogens (tertiary/aromatic N) is 1. The van der Waals surface area contributed by atoms with Gasteiger partial charge in [0.05, 0.1) is 0 Å². The van der Waals surface area contributed by atoms with E-state index >= 15 is 0 Å². The van der Waals surface area contributed by atoms with Gasteiger partial charge in [-0.25, -0.2) is 4.79 Å². The van der Waals surface area contributed by atoms with E-state index in [1.54, 1.807) is 24.3 Å². The van der Waals surface area contributed by atoms with Gasteiger partial charge >= 0.3 is 12.0 Å². The van der Waals surface area contributed by atoms with Crippen molar-refractivity contribution >= 4 is 17.7 Å². The molecule has 5 heteroatoms. The van der Waals surface area contributed by atoms with E-state index in [-0.39, 0.29) is 12.6 Å². The number of carboxylic acids is 1. The molecule has 92 valence electrons. The predicted octanol–water partition coefficient (Wildman–Crippen LogP) is 1.70. The van der Waals surface area contributed by atoms with Crippen molar-refractivity contribution in [2.24, 2.45) is 0 Å². The summed E-state index contributed by atoms with van der Waals surface area (Å²) in [6, 6.07) is 8.27. The van der Waals surface area contributed by atoms with Gasteiger partial charge in [0, 0.05) is 11.7 Å². The molecule has 1 aromatic carbocycles. The summed E-state index contributed by atoms with van der Waals surface area (Å²) >= 11 is 0. The van der Waals surface area contributed by atoms with Crippen molar-refractivity contribution in [3.63, 3.8) is 0 Å². The number of amides is 2. The van der Waals surface area contributed by atoms with E-state index in [1.165, 1.54) is 4.90 Å². The maximum atomic E-state index is 11.8. The second-order valence-corrected chi connectivity index (χ2v) is 3.92. The van der Waals surface area contributed by atoms with Crippen LogP contribution in [-0.4, -0.2) is 29.7 Å². The van der Waals surface area contributed by atoms with Crippen molar-refractivity contribution in [2.45, 2.75) is 19.9 Å². The van der Waals surface area contributed by atoms with Gasteiger partial charge in [0.2, 0.25) is 0 Å². The lowest BCUT2D eigenvalue weighted by Gasteiger charge is -2.22. The molecule has 0 saturated heterocycles. The second-order valence-electron chi connectivity index (χ2n) is 3.92. The molecule has 0 saturated carbocycles. The van der Waals surface area contributed by atoms with Crippen molar-refractivity contribution in [2.75, 3.05) is 11.4 Å². The summed E-state index contributed by atoms with van der Waals surface area (Å²) in [5.41, 5.74) is 0.563. The zero-order valence-corrected chi connectivity index (χ0v) is 9.88. The minimum atomic E-state index is -1.05. The van der Waals surface area contributed by atoms with Crippen molar-refractivity contribution in [1.29, 1.82) is 0 Å². The Hall–Kier alpha value is -2.04. The fourth-order valence-corrected chi connectivity index (χ4v) is 1.35. The smallest absolute Gasteiger partial charge is 0.323 e. The van der Waals surface area contributed by atoms with Gasteiger partial charge in [-0.05, 0) is 26.0 Å². The minimum Gasteiger partial charge on any atom is -0.480 e. The van der Waals surface area contributed by atoms with Crippen LogP contribution in [0.15, 0.2) is 30.3 Å². The van der Waals surface area contributed by atoms with E-state index in [2.05, 4.69) is 5.32 Å². The average molecular weight is 236 g/mol. The lowest BCUT2D eigenvalue weighted by molar-refractivity contribution is -0.135. The summed E-state index contributed by atoms with van der Waals surface area (Å²) < 4.78 is 0. The monoisotopic (exact) mass is 236 g/mol. The lowest BCUT2D eigenvalue weighted by Crippen LogP contribution is -2.45. The van der Waals surface area contributed by atoms with Crippen LogP contribution in [0.3, 0.4) is 0 Å². The summed E-state index contributed by atoms with van der Waals surface area (Å²) in [5.74, 6) is -1.05. The molecule has 0 heterocycles. The first-order chi connectivity index (χ1) is 8.00. The van der Waals surface area contributed by atoms with Gasteiger partial charge in [-0.2, -0.15) is 0 Å². The predicted molar refractivity (Wildman–Crippen MR) is 65.1 cm³/mol. The lowest BCUT2D eigenvalue weighted by atomic mass is 10.3. The molecule has 0 aromatic heterocycles. The maximum absolute atomic E-state index is 11.8. The van der Waals surface area contributed by atoms with Crippen molar-refractivity contribution in [3.05, 3.63) is 30.3 Å². The number of anilines is 1. The standard InChI is InChI=1S/C12H16N2O3/c1-9(2)13-12(17)14(8-11(15)16)10-6-4-3-5-7-10/h3-7,9H,8H2,1-2H3,(H,13,17)(H,15,16).